The van der Waals surface area contributed by atoms with E-state index >= 15 is 0 Å². The molecule has 0 saturated carbocycles. The highest BCUT2D eigenvalue weighted by Crippen LogP contribution is 2.19. The second kappa shape index (κ2) is 7.50. The van der Waals surface area contributed by atoms with Crippen molar-refractivity contribution in [2.24, 2.45) is 0 Å². The molecule has 0 spiro atoms. The average Bonchev–Trinajstić information content (AvgIpc) is 2.63. The summed E-state index contributed by atoms with van der Waals surface area (Å²) in [7, 11) is 1.59. The van der Waals surface area contributed by atoms with Gasteiger partial charge in [-0.15, -0.1) is 0 Å². The van der Waals surface area contributed by atoms with Gasteiger partial charge in [0.15, 0.2) is 0 Å². The third-order valence-corrected chi connectivity index (χ3v) is 4.32. The van der Waals surface area contributed by atoms with Crippen LogP contribution in [0.3, 0.4) is 0 Å². The van der Waals surface area contributed by atoms with Crippen molar-refractivity contribution in [1.82, 2.24) is 15.6 Å². The van der Waals surface area contributed by atoms with Crippen molar-refractivity contribution in [1.29, 1.82) is 0 Å². The third kappa shape index (κ3) is 3.89. The van der Waals surface area contributed by atoms with E-state index in [1.54, 1.807) is 25.3 Å². The van der Waals surface area contributed by atoms with Crippen molar-refractivity contribution < 1.29 is 14.6 Å². The van der Waals surface area contributed by atoms with Crippen LogP contribution in [0.5, 0.6) is 5.75 Å². The molecule has 1 amide bonds. The number of pyridine rings is 1. The van der Waals surface area contributed by atoms with Gasteiger partial charge in [-0.1, -0.05) is 0 Å². The Hall–Kier alpha value is -2.64. The fourth-order valence-electron chi connectivity index (χ4n) is 2.85. The number of methoxy groups -OCH3 is 1. The zero-order valence-electron chi connectivity index (χ0n) is 13.9. The Kier molecular flexibility index (Phi) is 5.16. The molecular formula is C18H21N3O4. The van der Waals surface area contributed by atoms with E-state index in [2.05, 4.69) is 15.6 Å². The van der Waals surface area contributed by atoms with Crippen LogP contribution < -0.4 is 20.9 Å². The molecule has 2 atom stereocenters. The van der Waals surface area contributed by atoms with Gasteiger partial charge < -0.3 is 25.5 Å². The van der Waals surface area contributed by atoms with Crippen LogP contribution in [0.25, 0.3) is 11.3 Å². The van der Waals surface area contributed by atoms with Crippen LogP contribution in [0.4, 0.5) is 0 Å². The molecule has 1 aliphatic heterocycles. The largest absolute Gasteiger partial charge is 0.497 e. The minimum absolute atomic E-state index is 0.0306. The Morgan fingerprint density at radius 2 is 2.00 bits per heavy atom. The van der Waals surface area contributed by atoms with E-state index in [9.17, 15) is 14.7 Å². The number of amides is 1. The van der Waals surface area contributed by atoms with Crippen LogP contribution in [-0.2, 0) is 0 Å². The maximum atomic E-state index is 12.3. The van der Waals surface area contributed by atoms with Gasteiger partial charge >= 0.3 is 0 Å². The van der Waals surface area contributed by atoms with E-state index in [0.717, 1.165) is 17.9 Å². The van der Waals surface area contributed by atoms with Crippen LogP contribution in [-0.4, -0.2) is 48.3 Å². The number of nitrogens with one attached hydrogen (secondary N) is 3. The van der Waals surface area contributed by atoms with Crippen LogP contribution in [0.1, 0.15) is 16.8 Å². The number of aliphatic hydroxyl groups is 1. The number of hydrogen-bond acceptors (Lipinski definition) is 5. The highest BCUT2D eigenvalue weighted by molar-refractivity contribution is 5.94. The summed E-state index contributed by atoms with van der Waals surface area (Å²) in [6, 6.07) is 10.1. The number of rotatable bonds is 4. The maximum absolute atomic E-state index is 12.3. The number of aliphatic hydroxyl groups excluding tert-OH is 1. The number of benzene rings is 1. The molecule has 25 heavy (non-hydrogen) atoms. The SMILES string of the molecule is COc1ccc(-c2ccc(C(=O)N[C@@H]3CCNC[C@H]3O)c(=O)[nH]2)cc1. The number of aromatic amines is 1. The van der Waals surface area contributed by atoms with Crippen molar-refractivity contribution in [2.75, 3.05) is 20.2 Å². The average molecular weight is 343 g/mol. The molecule has 1 aliphatic rings. The summed E-state index contributed by atoms with van der Waals surface area (Å²) < 4.78 is 5.11. The summed E-state index contributed by atoms with van der Waals surface area (Å²) in [6.07, 6.45) is -0.0373. The number of H-pyrrole nitrogens is 1. The molecule has 132 valence electrons. The van der Waals surface area contributed by atoms with Gasteiger partial charge in [-0.25, -0.2) is 0 Å². The molecule has 1 fully saturated rings. The summed E-state index contributed by atoms with van der Waals surface area (Å²) >= 11 is 0. The Morgan fingerprint density at radius 1 is 1.24 bits per heavy atom. The molecule has 1 aromatic heterocycles. The molecule has 7 nitrogen and oxygen atoms in total. The van der Waals surface area contributed by atoms with Crippen molar-refractivity contribution in [2.45, 2.75) is 18.6 Å². The first-order valence-corrected chi connectivity index (χ1v) is 8.16. The Bertz CT molecular complexity index is 801. The summed E-state index contributed by atoms with van der Waals surface area (Å²) in [5.41, 5.74) is 1.00. The molecule has 1 saturated heterocycles. The summed E-state index contributed by atoms with van der Waals surface area (Å²) in [5.74, 6) is 0.246. The number of piperidine rings is 1. The second-order valence-electron chi connectivity index (χ2n) is 5.98. The third-order valence-electron chi connectivity index (χ3n) is 4.32. The van der Waals surface area contributed by atoms with Crippen molar-refractivity contribution >= 4 is 5.91 Å². The molecule has 1 aromatic carbocycles. The second-order valence-corrected chi connectivity index (χ2v) is 5.98. The van der Waals surface area contributed by atoms with Gasteiger partial charge in [-0.05, 0) is 54.9 Å². The van der Waals surface area contributed by atoms with Crippen LogP contribution in [0.15, 0.2) is 41.2 Å². The number of carbonyl (C=O) groups excluding carboxylic acids is 1. The zero-order valence-corrected chi connectivity index (χ0v) is 13.9. The summed E-state index contributed by atoms with van der Waals surface area (Å²) in [4.78, 5) is 27.3. The lowest BCUT2D eigenvalue weighted by Crippen LogP contribution is -2.53. The highest BCUT2D eigenvalue weighted by Gasteiger charge is 2.25. The van der Waals surface area contributed by atoms with Gasteiger partial charge in [0, 0.05) is 12.2 Å². The molecule has 7 heteroatoms. The van der Waals surface area contributed by atoms with Crippen molar-refractivity contribution in [3.63, 3.8) is 0 Å². The molecule has 2 aromatic rings. The van der Waals surface area contributed by atoms with E-state index in [1.807, 2.05) is 12.1 Å². The molecule has 0 radical (unpaired) electrons. The maximum Gasteiger partial charge on any atom is 0.261 e. The molecular weight excluding hydrogens is 322 g/mol. The molecule has 3 rings (SSSR count). The molecule has 0 unspecified atom stereocenters. The van der Waals surface area contributed by atoms with Gasteiger partial charge in [0.05, 0.1) is 19.3 Å². The minimum atomic E-state index is -0.657. The van der Waals surface area contributed by atoms with E-state index in [1.165, 1.54) is 6.07 Å². The van der Waals surface area contributed by atoms with E-state index in [-0.39, 0.29) is 11.6 Å². The van der Waals surface area contributed by atoms with Crippen molar-refractivity contribution in [3.8, 4) is 17.0 Å². The quantitative estimate of drug-likeness (QED) is 0.647. The van der Waals surface area contributed by atoms with Crippen LogP contribution in [0.2, 0.25) is 0 Å². The van der Waals surface area contributed by atoms with Gasteiger partial charge in [0.1, 0.15) is 11.3 Å². The Balaban J connectivity index is 1.76. The molecule has 0 bridgehead atoms. The molecule has 2 heterocycles. The van der Waals surface area contributed by atoms with Crippen molar-refractivity contribution in [3.05, 3.63) is 52.3 Å². The first kappa shape index (κ1) is 17.2. The minimum Gasteiger partial charge on any atom is -0.497 e. The first-order valence-electron chi connectivity index (χ1n) is 8.16. The Morgan fingerprint density at radius 3 is 2.64 bits per heavy atom. The lowest BCUT2D eigenvalue weighted by molar-refractivity contribution is 0.0764. The molecule has 4 N–H and O–H groups in total. The predicted octanol–water partition coefficient (Wildman–Crippen LogP) is 0.503. The lowest BCUT2D eigenvalue weighted by atomic mass is 10.0. The van der Waals surface area contributed by atoms with E-state index < -0.39 is 17.6 Å². The van der Waals surface area contributed by atoms with E-state index in [4.69, 9.17) is 4.74 Å². The zero-order chi connectivity index (χ0) is 17.8. The number of ether oxygens (including phenoxy) is 1. The number of hydrogen-bond donors (Lipinski definition) is 4. The van der Waals surface area contributed by atoms with Crippen LogP contribution >= 0.6 is 0 Å². The summed E-state index contributed by atoms with van der Waals surface area (Å²) in [5, 5.41) is 15.7. The highest BCUT2D eigenvalue weighted by atomic mass is 16.5. The van der Waals surface area contributed by atoms with Gasteiger partial charge in [0.25, 0.3) is 11.5 Å². The van der Waals surface area contributed by atoms with E-state index in [0.29, 0.717) is 18.7 Å². The standard InChI is InChI=1S/C18H21N3O4/c1-25-12-4-2-11(3-5-12)14-7-6-13(17(23)20-14)18(24)21-15-8-9-19-10-16(15)22/h2-7,15-16,19,22H,8-10H2,1H3,(H,20,23)(H,21,24)/t15-,16-/m1/s1. The predicted molar refractivity (Wildman–Crippen MR) is 93.8 cm³/mol. The Labute approximate surface area is 145 Å². The lowest BCUT2D eigenvalue weighted by Gasteiger charge is -2.28. The van der Waals surface area contributed by atoms with Crippen LogP contribution in [0, 0.1) is 0 Å². The van der Waals surface area contributed by atoms with Gasteiger partial charge in [-0.2, -0.15) is 0 Å². The number of aromatic nitrogens is 1. The monoisotopic (exact) mass is 343 g/mol. The summed E-state index contributed by atoms with van der Waals surface area (Å²) in [6.45, 7) is 1.15. The van der Waals surface area contributed by atoms with Gasteiger partial charge in [0.2, 0.25) is 0 Å². The smallest absolute Gasteiger partial charge is 0.261 e. The number of carbonyl (C=O) groups is 1. The first-order chi connectivity index (χ1) is 12.1. The fraction of sp³-hybridized carbons (Fsp3) is 0.333. The fourth-order valence-corrected chi connectivity index (χ4v) is 2.85. The molecule has 0 aliphatic carbocycles. The van der Waals surface area contributed by atoms with Gasteiger partial charge in [-0.3, -0.25) is 9.59 Å². The topological polar surface area (TPSA) is 103 Å². The normalized spacial score (nSPS) is 20.1. The number of β-amino-alcohol motifs (C(OH)–C–C–N with tert-alkyl or cyclic N) is 1.